The van der Waals surface area contributed by atoms with E-state index in [0.717, 1.165) is 43.2 Å². The number of carbonyl (C=O) groups is 1. The molecule has 4 aromatic rings. The number of carbonyl (C=O) groups excluding carboxylic acids is 1. The summed E-state index contributed by atoms with van der Waals surface area (Å²) in [6.07, 6.45) is 2.54. The molecule has 0 spiro atoms. The lowest BCUT2D eigenvalue weighted by Gasteiger charge is -2.30. The van der Waals surface area contributed by atoms with Gasteiger partial charge in [-0.2, -0.15) is 0 Å². The minimum absolute atomic E-state index is 0.172. The van der Waals surface area contributed by atoms with Gasteiger partial charge in [-0.3, -0.25) is 9.69 Å². The lowest BCUT2D eigenvalue weighted by Crippen LogP contribution is -2.31. The van der Waals surface area contributed by atoms with Gasteiger partial charge in [0.15, 0.2) is 5.69 Å². The van der Waals surface area contributed by atoms with E-state index in [9.17, 15) is 4.79 Å². The Kier molecular flexibility index (Phi) is 5.79. The second-order valence-corrected chi connectivity index (χ2v) is 8.54. The van der Waals surface area contributed by atoms with E-state index in [0.29, 0.717) is 12.2 Å². The summed E-state index contributed by atoms with van der Waals surface area (Å²) in [4.78, 5) is 17.1. The molecule has 1 aliphatic rings. The first-order valence-corrected chi connectivity index (χ1v) is 11.2. The first-order valence-electron chi connectivity index (χ1n) is 11.2. The van der Waals surface area contributed by atoms with Gasteiger partial charge in [0.05, 0.1) is 24.2 Å². The van der Waals surface area contributed by atoms with Crippen LogP contribution in [0.3, 0.4) is 0 Å². The fraction of sp³-hybridized carbons (Fsp3) is 0.269. The first-order chi connectivity index (χ1) is 16.1. The van der Waals surface area contributed by atoms with Crippen molar-refractivity contribution in [1.29, 1.82) is 0 Å². The van der Waals surface area contributed by atoms with Crippen LogP contribution in [0.4, 0.5) is 0 Å². The number of fused-ring (bicyclic) bond motifs is 1. The highest BCUT2D eigenvalue weighted by molar-refractivity contribution is 5.93. The second-order valence-electron chi connectivity index (χ2n) is 8.54. The summed E-state index contributed by atoms with van der Waals surface area (Å²) >= 11 is 0. The topological polar surface area (TPSA) is 67.4 Å². The quantitative estimate of drug-likeness (QED) is 0.452. The summed E-state index contributed by atoms with van der Waals surface area (Å²) in [6.45, 7) is 5.09. The van der Waals surface area contributed by atoms with Crippen molar-refractivity contribution in [3.63, 3.8) is 0 Å². The first kappa shape index (κ1) is 21.2. The van der Waals surface area contributed by atoms with E-state index in [-0.39, 0.29) is 5.91 Å². The molecule has 5 rings (SSSR count). The van der Waals surface area contributed by atoms with Crippen LogP contribution in [0.5, 0.6) is 0 Å². The van der Waals surface area contributed by atoms with Crippen molar-refractivity contribution in [2.45, 2.75) is 33.0 Å². The molecule has 7 heteroatoms. The monoisotopic (exact) mass is 441 g/mol. The maximum atomic E-state index is 13.0. The molecule has 0 fully saturated rings. The average Bonchev–Trinajstić information content (AvgIpc) is 3.48. The molecule has 0 saturated heterocycles. The lowest BCUT2D eigenvalue weighted by molar-refractivity contribution is 0.0769. The van der Waals surface area contributed by atoms with E-state index in [2.05, 4.69) is 63.7 Å². The Bertz CT molecular complexity index is 1250. The smallest absolute Gasteiger partial charge is 0.276 e. The lowest BCUT2D eigenvalue weighted by atomic mass is 9.97. The van der Waals surface area contributed by atoms with Gasteiger partial charge in [-0.1, -0.05) is 47.7 Å². The van der Waals surface area contributed by atoms with Crippen LogP contribution in [0, 0.1) is 6.92 Å². The Morgan fingerprint density at radius 2 is 1.94 bits per heavy atom. The van der Waals surface area contributed by atoms with Gasteiger partial charge in [0, 0.05) is 26.7 Å². The van der Waals surface area contributed by atoms with Crippen molar-refractivity contribution in [2.24, 2.45) is 0 Å². The van der Waals surface area contributed by atoms with E-state index in [1.54, 1.807) is 22.9 Å². The van der Waals surface area contributed by atoms with Crippen molar-refractivity contribution >= 4 is 5.91 Å². The number of hydrogen-bond acceptors (Lipinski definition) is 5. The van der Waals surface area contributed by atoms with Gasteiger partial charge in [0.2, 0.25) is 0 Å². The predicted molar refractivity (Wildman–Crippen MR) is 125 cm³/mol. The molecular weight excluding hydrogens is 414 g/mol. The third-order valence-electron chi connectivity index (χ3n) is 6.21. The highest BCUT2D eigenvalue weighted by atomic mass is 16.3. The zero-order valence-electron chi connectivity index (χ0n) is 18.9. The molecule has 2 aromatic carbocycles. The van der Waals surface area contributed by atoms with E-state index < -0.39 is 0 Å². The van der Waals surface area contributed by atoms with E-state index in [1.165, 1.54) is 16.7 Å². The number of nitrogens with zero attached hydrogens (tertiary/aromatic N) is 5. The molecule has 0 aliphatic carbocycles. The Hall–Kier alpha value is -3.71. The number of hydrogen-bond donors (Lipinski definition) is 0. The molecule has 0 N–H and O–H groups in total. The van der Waals surface area contributed by atoms with E-state index in [1.807, 2.05) is 19.1 Å². The SMILES string of the molecule is Cc1c(C(=O)N(C)Cc2ccco2)nnn1-c1cccc2c1CCN(Cc1ccccc1)C2. The normalized spacial score (nSPS) is 13.6. The van der Waals surface area contributed by atoms with Gasteiger partial charge >= 0.3 is 0 Å². The van der Waals surface area contributed by atoms with Crippen LogP contribution in [-0.2, 0) is 26.1 Å². The molecule has 1 amide bonds. The van der Waals surface area contributed by atoms with Crippen LogP contribution in [0.15, 0.2) is 71.3 Å². The minimum atomic E-state index is -0.172. The fourth-order valence-electron chi connectivity index (χ4n) is 4.47. The van der Waals surface area contributed by atoms with Crippen LogP contribution in [0.2, 0.25) is 0 Å². The molecular formula is C26H27N5O2. The molecule has 0 bridgehead atoms. The van der Waals surface area contributed by atoms with Crippen molar-refractivity contribution in [1.82, 2.24) is 24.8 Å². The molecule has 0 atom stereocenters. The maximum Gasteiger partial charge on any atom is 0.276 e. The Morgan fingerprint density at radius 1 is 1.09 bits per heavy atom. The summed E-state index contributed by atoms with van der Waals surface area (Å²) in [5, 5.41) is 8.61. The molecule has 3 heterocycles. The summed E-state index contributed by atoms with van der Waals surface area (Å²) in [6, 6.07) is 20.5. The number of rotatable bonds is 6. The molecule has 0 radical (unpaired) electrons. The highest BCUT2D eigenvalue weighted by Gasteiger charge is 2.25. The third kappa shape index (κ3) is 4.32. The molecule has 0 saturated carbocycles. The zero-order chi connectivity index (χ0) is 22.8. The summed E-state index contributed by atoms with van der Waals surface area (Å²) in [5.41, 5.74) is 6.01. The average molecular weight is 442 g/mol. The van der Waals surface area contributed by atoms with Gasteiger partial charge in [0.25, 0.3) is 5.91 Å². The molecule has 2 aromatic heterocycles. The zero-order valence-corrected chi connectivity index (χ0v) is 18.9. The van der Waals surface area contributed by atoms with Crippen molar-refractivity contribution in [3.8, 4) is 5.69 Å². The fourth-order valence-corrected chi connectivity index (χ4v) is 4.47. The standard InChI is InChI=1S/C26H27N5O2/c1-19-25(26(32)29(2)18-22-11-7-15-33-22)27-28-31(19)24-12-6-10-21-17-30(14-13-23(21)24)16-20-8-4-3-5-9-20/h3-12,15H,13-14,16-18H2,1-2H3. The summed E-state index contributed by atoms with van der Waals surface area (Å²) in [5.74, 6) is 0.557. The molecule has 0 unspecified atom stereocenters. The van der Waals surface area contributed by atoms with Crippen LogP contribution >= 0.6 is 0 Å². The van der Waals surface area contributed by atoms with E-state index in [4.69, 9.17) is 4.42 Å². The van der Waals surface area contributed by atoms with Crippen LogP contribution in [0.25, 0.3) is 5.69 Å². The van der Waals surface area contributed by atoms with Crippen LogP contribution < -0.4 is 0 Å². The third-order valence-corrected chi connectivity index (χ3v) is 6.21. The van der Waals surface area contributed by atoms with Gasteiger partial charge < -0.3 is 9.32 Å². The van der Waals surface area contributed by atoms with Crippen LogP contribution in [-0.4, -0.2) is 44.3 Å². The number of benzene rings is 2. The summed E-state index contributed by atoms with van der Waals surface area (Å²) < 4.78 is 7.17. The van der Waals surface area contributed by atoms with Crippen molar-refractivity contribution < 1.29 is 9.21 Å². The predicted octanol–water partition coefficient (Wildman–Crippen LogP) is 4.00. The highest BCUT2D eigenvalue weighted by Crippen LogP contribution is 2.27. The van der Waals surface area contributed by atoms with Gasteiger partial charge in [-0.05, 0) is 48.2 Å². The Labute approximate surface area is 193 Å². The van der Waals surface area contributed by atoms with Gasteiger partial charge in [-0.15, -0.1) is 5.10 Å². The summed E-state index contributed by atoms with van der Waals surface area (Å²) in [7, 11) is 1.75. The largest absolute Gasteiger partial charge is 0.467 e. The maximum absolute atomic E-state index is 13.0. The number of furan rings is 1. The van der Waals surface area contributed by atoms with Crippen molar-refractivity contribution in [3.05, 3.63) is 101 Å². The van der Waals surface area contributed by atoms with Crippen molar-refractivity contribution in [2.75, 3.05) is 13.6 Å². The molecule has 7 nitrogen and oxygen atoms in total. The Morgan fingerprint density at radius 3 is 2.73 bits per heavy atom. The van der Waals surface area contributed by atoms with Gasteiger partial charge in [-0.25, -0.2) is 4.68 Å². The van der Waals surface area contributed by atoms with E-state index >= 15 is 0 Å². The van der Waals surface area contributed by atoms with Gasteiger partial charge in [0.1, 0.15) is 5.76 Å². The number of amides is 1. The minimum Gasteiger partial charge on any atom is -0.467 e. The molecule has 33 heavy (non-hydrogen) atoms. The van der Waals surface area contributed by atoms with Crippen LogP contribution in [0.1, 0.15) is 38.6 Å². The number of aromatic nitrogens is 3. The molecule has 168 valence electrons. The Balaban J connectivity index is 1.36. The molecule has 1 aliphatic heterocycles. The second kappa shape index (κ2) is 9.03.